The lowest BCUT2D eigenvalue weighted by Gasteiger charge is -2.12. The lowest BCUT2D eigenvalue weighted by Crippen LogP contribution is -2.19. The number of hydrogen-bond acceptors (Lipinski definition) is 8. The molecular formula is C15H22N2O6. The molecule has 0 saturated carbocycles. The van der Waals surface area contributed by atoms with Gasteiger partial charge in [-0.2, -0.15) is 0 Å². The number of carbonyl (C=O) groups is 2. The Morgan fingerprint density at radius 3 is 1.78 bits per heavy atom. The molecule has 8 heteroatoms. The molecule has 0 unspecified atom stereocenters. The van der Waals surface area contributed by atoms with Crippen molar-refractivity contribution in [2.24, 2.45) is 10.3 Å². The van der Waals surface area contributed by atoms with Crippen molar-refractivity contribution in [1.82, 2.24) is 0 Å². The van der Waals surface area contributed by atoms with Crippen molar-refractivity contribution in [3.05, 3.63) is 0 Å². The summed E-state index contributed by atoms with van der Waals surface area (Å²) in [6, 6.07) is 0. The molecule has 0 amide bonds. The third-order valence-corrected chi connectivity index (χ3v) is 3.80. The van der Waals surface area contributed by atoms with Crippen LogP contribution in [0.1, 0.15) is 44.9 Å². The number of carbonyl (C=O) groups excluding carboxylic acids is 2. The number of rotatable bonds is 8. The van der Waals surface area contributed by atoms with Crippen molar-refractivity contribution in [2.75, 3.05) is 14.2 Å². The summed E-state index contributed by atoms with van der Waals surface area (Å²) >= 11 is 0. The first kappa shape index (κ1) is 17.2. The van der Waals surface area contributed by atoms with Crippen molar-refractivity contribution < 1.29 is 28.7 Å². The number of oxime groups is 2. The Balaban J connectivity index is 1.63. The van der Waals surface area contributed by atoms with Crippen LogP contribution >= 0.6 is 0 Å². The van der Waals surface area contributed by atoms with Gasteiger partial charge in [0, 0.05) is 19.3 Å². The molecule has 0 saturated heterocycles. The molecule has 0 bridgehead atoms. The molecule has 0 aliphatic carbocycles. The number of esters is 2. The molecule has 8 nitrogen and oxygen atoms in total. The molecule has 2 aliphatic rings. The summed E-state index contributed by atoms with van der Waals surface area (Å²) in [4.78, 5) is 33.0. The first-order chi connectivity index (χ1) is 11.1. The minimum atomic E-state index is -0.251. The maximum absolute atomic E-state index is 11.1. The standard InChI is InChI=1S/C15H22N2O6/c1-20-14(18)5-3-10-7-12(22-16-10)9-13-8-11(17-23-13)4-6-15(19)21-2/h12-13H,3-9H2,1-2H3/t12-,13-/m0/s1. The van der Waals surface area contributed by atoms with Gasteiger partial charge in [-0.05, 0) is 12.8 Å². The van der Waals surface area contributed by atoms with Crippen molar-refractivity contribution >= 4 is 23.4 Å². The van der Waals surface area contributed by atoms with E-state index in [4.69, 9.17) is 9.68 Å². The zero-order valence-corrected chi connectivity index (χ0v) is 13.4. The molecule has 0 aromatic rings. The smallest absolute Gasteiger partial charge is 0.305 e. The Labute approximate surface area is 134 Å². The first-order valence-electron chi connectivity index (χ1n) is 7.67. The Bertz CT molecular complexity index is 458. The molecular weight excluding hydrogens is 304 g/mol. The van der Waals surface area contributed by atoms with Crippen LogP contribution < -0.4 is 0 Å². The van der Waals surface area contributed by atoms with E-state index in [2.05, 4.69) is 19.8 Å². The summed E-state index contributed by atoms with van der Waals surface area (Å²) in [5.74, 6) is -0.502. The fourth-order valence-corrected chi connectivity index (χ4v) is 2.51. The highest BCUT2D eigenvalue weighted by Crippen LogP contribution is 2.24. The molecule has 0 N–H and O–H groups in total. The molecule has 128 valence electrons. The summed E-state index contributed by atoms with van der Waals surface area (Å²) in [5.41, 5.74) is 1.73. The van der Waals surface area contributed by atoms with Gasteiger partial charge in [0.1, 0.15) is 12.2 Å². The van der Waals surface area contributed by atoms with Crippen LogP contribution in [-0.2, 0) is 28.7 Å². The second-order valence-corrected chi connectivity index (χ2v) is 5.57. The van der Waals surface area contributed by atoms with Crippen LogP contribution in [0.4, 0.5) is 0 Å². The fraction of sp³-hybridized carbons (Fsp3) is 0.733. The summed E-state index contributed by atoms with van der Waals surface area (Å²) < 4.78 is 9.20. The molecule has 0 radical (unpaired) electrons. The normalized spacial score (nSPS) is 22.7. The Morgan fingerprint density at radius 1 is 0.957 bits per heavy atom. The zero-order chi connectivity index (χ0) is 16.7. The number of hydrogen-bond donors (Lipinski definition) is 0. The van der Waals surface area contributed by atoms with Crippen LogP contribution in [0.2, 0.25) is 0 Å². The van der Waals surface area contributed by atoms with Gasteiger partial charge in [0.05, 0.1) is 38.5 Å². The van der Waals surface area contributed by atoms with Crippen LogP contribution in [0.25, 0.3) is 0 Å². The first-order valence-corrected chi connectivity index (χ1v) is 7.67. The van der Waals surface area contributed by atoms with Crippen LogP contribution in [-0.4, -0.2) is 49.8 Å². The minimum Gasteiger partial charge on any atom is -0.469 e. The van der Waals surface area contributed by atoms with Gasteiger partial charge in [-0.25, -0.2) is 0 Å². The Morgan fingerprint density at radius 2 is 1.39 bits per heavy atom. The van der Waals surface area contributed by atoms with Gasteiger partial charge >= 0.3 is 11.9 Å². The molecule has 23 heavy (non-hydrogen) atoms. The van der Waals surface area contributed by atoms with Gasteiger partial charge in [0.25, 0.3) is 0 Å². The van der Waals surface area contributed by atoms with Crippen LogP contribution in [0.5, 0.6) is 0 Å². The predicted octanol–water partition coefficient (Wildman–Crippen LogP) is 1.57. The Hall–Kier alpha value is -2.12. The topological polar surface area (TPSA) is 95.8 Å². The van der Waals surface area contributed by atoms with E-state index < -0.39 is 0 Å². The van der Waals surface area contributed by atoms with Crippen molar-refractivity contribution in [2.45, 2.75) is 57.2 Å². The van der Waals surface area contributed by atoms with E-state index in [0.29, 0.717) is 44.9 Å². The van der Waals surface area contributed by atoms with Crippen LogP contribution in [0, 0.1) is 0 Å². The average Bonchev–Trinajstić information content (AvgIpc) is 3.20. The second-order valence-electron chi connectivity index (χ2n) is 5.57. The highest BCUT2D eigenvalue weighted by molar-refractivity contribution is 5.89. The van der Waals surface area contributed by atoms with E-state index in [1.54, 1.807) is 0 Å². The third kappa shape index (κ3) is 5.54. The summed E-state index contributed by atoms with van der Waals surface area (Å²) in [5, 5.41) is 8.02. The highest BCUT2D eigenvalue weighted by Gasteiger charge is 2.29. The molecule has 2 rings (SSSR count). The van der Waals surface area contributed by atoms with Gasteiger partial charge in [-0.15, -0.1) is 0 Å². The minimum absolute atomic E-state index is 0.0530. The number of methoxy groups -OCH3 is 2. The van der Waals surface area contributed by atoms with Gasteiger partial charge in [-0.3, -0.25) is 9.59 Å². The summed E-state index contributed by atoms with van der Waals surface area (Å²) in [6.07, 6.45) is 3.67. The molecule has 0 fully saturated rings. The van der Waals surface area contributed by atoms with E-state index in [1.807, 2.05) is 0 Å². The van der Waals surface area contributed by atoms with Crippen molar-refractivity contribution in [3.63, 3.8) is 0 Å². The third-order valence-electron chi connectivity index (χ3n) is 3.80. The van der Waals surface area contributed by atoms with Gasteiger partial charge in [0.15, 0.2) is 0 Å². The molecule has 2 aliphatic heterocycles. The molecule has 0 aromatic heterocycles. The lowest BCUT2D eigenvalue weighted by atomic mass is 10.00. The van der Waals surface area contributed by atoms with Crippen molar-refractivity contribution in [1.29, 1.82) is 0 Å². The molecule has 2 atom stereocenters. The van der Waals surface area contributed by atoms with E-state index in [-0.39, 0.29) is 24.1 Å². The molecule has 2 heterocycles. The maximum atomic E-state index is 11.1. The van der Waals surface area contributed by atoms with E-state index >= 15 is 0 Å². The molecule has 0 spiro atoms. The van der Waals surface area contributed by atoms with Crippen molar-refractivity contribution in [3.8, 4) is 0 Å². The van der Waals surface area contributed by atoms with Gasteiger partial charge in [-0.1, -0.05) is 10.3 Å². The zero-order valence-electron chi connectivity index (χ0n) is 13.4. The highest BCUT2D eigenvalue weighted by atomic mass is 16.7. The van der Waals surface area contributed by atoms with E-state index in [1.165, 1.54) is 14.2 Å². The Kier molecular flexibility index (Phi) is 6.37. The van der Waals surface area contributed by atoms with Crippen LogP contribution in [0.15, 0.2) is 10.3 Å². The predicted molar refractivity (Wildman–Crippen MR) is 81.0 cm³/mol. The van der Waals surface area contributed by atoms with Gasteiger partial charge in [0.2, 0.25) is 0 Å². The van der Waals surface area contributed by atoms with Gasteiger partial charge < -0.3 is 19.1 Å². The van der Waals surface area contributed by atoms with E-state index in [9.17, 15) is 9.59 Å². The number of nitrogens with zero attached hydrogens (tertiary/aromatic N) is 2. The molecule has 0 aromatic carbocycles. The monoisotopic (exact) mass is 326 g/mol. The lowest BCUT2D eigenvalue weighted by molar-refractivity contribution is -0.141. The van der Waals surface area contributed by atoms with E-state index in [0.717, 1.165) is 11.4 Å². The average molecular weight is 326 g/mol. The maximum Gasteiger partial charge on any atom is 0.305 e. The second kappa shape index (κ2) is 8.50. The number of ether oxygens (including phenoxy) is 2. The van der Waals surface area contributed by atoms with Crippen LogP contribution in [0.3, 0.4) is 0 Å². The largest absolute Gasteiger partial charge is 0.469 e. The SMILES string of the molecule is COC(=O)CCC1=NO[C@H](C[C@@H]2CC(CCC(=O)OC)=NO2)C1. The quantitative estimate of drug-likeness (QED) is 0.628. The fourth-order valence-electron chi connectivity index (χ4n) is 2.51. The summed E-state index contributed by atoms with van der Waals surface area (Å²) in [6.45, 7) is 0. The summed E-state index contributed by atoms with van der Waals surface area (Å²) in [7, 11) is 2.74.